The molecule has 10 heteroatoms. The summed E-state index contributed by atoms with van der Waals surface area (Å²) in [5, 5.41) is 5.48. The molecule has 1 aliphatic rings. The number of amides is 1. The molecular formula is C15H13F4N3O3. The van der Waals surface area contributed by atoms with Crippen LogP contribution in [0.2, 0.25) is 0 Å². The van der Waals surface area contributed by atoms with Gasteiger partial charge in [0.25, 0.3) is 5.91 Å². The van der Waals surface area contributed by atoms with Crippen LogP contribution in [0.1, 0.15) is 16.9 Å². The minimum atomic E-state index is -5.25. The van der Waals surface area contributed by atoms with Crippen LogP contribution in [-0.2, 0) is 4.79 Å². The number of halogens is 4. The van der Waals surface area contributed by atoms with Gasteiger partial charge in [-0.05, 0) is 25.1 Å². The summed E-state index contributed by atoms with van der Waals surface area (Å²) >= 11 is 0. The van der Waals surface area contributed by atoms with Gasteiger partial charge in [0.15, 0.2) is 5.75 Å². The van der Waals surface area contributed by atoms with Crippen molar-refractivity contribution in [3.63, 3.8) is 0 Å². The Balaban J connectivity index is 2.00. The topological polar surface area (TPSA) is 83.2 Å². The van der Waals surface area contributed by atoms with Gasteiger partial charge in [0.05, 0.1) is 5.52 Å². The molecule has 1 amide bonds. The molecular weight excluding hydrogens is 346 g/mol. The Morgan fingerprint density at radius 1 is 1.28 bits per heavy atom. The van der Waals surface area contributed by atoms with E-state index in [4.69, 9.17) is 0 Å². The smallest absolute Gasteiger partial charge is 0.417 e. The molecule has 134 valence electrons. The van der Waals surface area contributed by atoms with E-state index in [9.17, 15) is 27.2 Å². The Labute approximate surface area is 138 Å². The first-order valence-electron chi connectivity index (χ1n) is 7.38. The van der Waals surface area contributed by atoms with E-state index in [2.05, 4.69) is 20.4 Å². The highest BCUT2D eigenvalue weighted by Crippen LogP contribution is 2.33. The van der Waals surface area contributed by atoms with Crippen molar-refractivity contribution in [3.8, 4) is 5.75 Å². The molecule has 2 heterocycles. The van der Waals surface area contributed by atoms with Crippen molar-refractivity contribution in [2.75, 3.05) is 13.1 Å². The number of rotatable bonds is 3. The zero-order chi connectivity index (χ0) is 18.2. The summed E-state index contributed by atoms with van der Waals surface area (Å²) in [6, 6.07) is 3.33. The molecule has 0 radical (unpaired) electrons. The first-order valence-corrected chi connectivity index (χ1v) is 7.38. The second-order valence-electron chi connectivity index (χ2n) is 5.54. The molecule has 25 heavy (non-hydrogen) atoms. The fourth-order valence-electron chi connectivity index (χ4n) is 2.61. The number of carbonyl (C=O) groups is 2. The van der Waals surface area contributed by atoms with Gasteiger partial charge in [-0.3, -0.25) is 4.79 Å². The molecule has 1 unspecified atom stereocenters. The lowest BCUT2D eigenvalue weighted by Gasteiger charge is -2.12. The summed E-state index contributed by atoms with van der Waals surface area (Å²) in [6.45, 7) is 1.18. The van der Waals surface area contributed by atoms with Crippen molar-refractivity contribution in [2.45, 2.75) is 18.6 Å². The van der Waals surface area contributed by atoms with E-state index in [1.807, 2.05) is 0 Å². The zero-order valence-corrected chi connectivity index (χ0v) is 12.7. The number of para-hydroxylation sites is 1. The Bertz CT molecular complexity index is 825. The van der Waals surface area contributed by atoms with Gasteiger partial charge < -0.3 is 20.4 Å². The van der Waals surface area contributed by atoms with Crippen LogP contribution in [0.25, 0.3) is 10.9 Å². The van der Waals surface area contributed by atoms with Crippen molar-refractivity contribution in [3.05, 3.63) is 29.7 Å². The highest BCUT2D eigenvalue weighted by atomic mass is 19.4. The molecule has 1 aromatic heterocycles. The van der Waals surface area contributed by atoms with Gasteiger partial charge in [-0.25, -0.2) is 9.18 Å². The zero-order valence-electron chi connectivity index (χ0n) is 12.7. The van der Waals surface area contributed by atoms with Crippen LogP contribution in [0.15, 0.2) is 18.2 Å². The summed E-state index contributed by atoms with van der Waals surface area (Å²) in [6.07, 6.45) is -4.61. The lowest BCUT2D eigenvalue weighted by molar-refractivity contribution is -0.189. The van der Waals surface area contributed by atoms with Gasteiger partial charge in [-0.1, -0.05) is 6.07 Å². The van der Waals surface area contributed by atoms with E-state index >= 15 is 0 Å². The van der Waals surface area contributed by atoms with Gasteiger partial charge >= 0.3 is 12.1 Å². The summed E-state index contributed by atoms with van der Waals surface area (Å²) in [5.74, 6) is -4.72. The van der Waals surface area contributed by atoms with Gasteiger partial charge in [0.2, 0.25) is 0 Å². The average molecular weight is 359 g/mol. The molecule has 1 aliphatic heterocycles. The number of aromatic amines is 1. The quantitative estimate of drug-likeness (QED) is 0.577. The number of esters is 1. The fourth-order valence-corrected chi connectivity index (χ4v) is 2.61. The van der Waals surface area contributed by atoms with E-state index in [1.165, 1.54) is 12.1 Å². The van der Waals surface area contributed by atoms with E-state index in [0.29, 0.717) is 19.5 Å². The van der Waals surface area contributed by atoms with Crippen LogP contribution in [0, 0.1) is 5.82 Å². The minimum absolute atomic E-state index is 0.132. The third-order valence-corrected chi connectivity index (χ3v) is 3.78. The van der Waals surface area contributed by atoms with Crippen LogP contribution in [0.3, 0.4) is 0 Å². The Morgan fingerprint density at radius 2 is 2.04 bits per heavy atom. The molecule has 2 aromatic rings. The Morgan fingerprint density at radius 3 is 2.68 bits per heavy atom. The highest BCUT2D eigenvalue weighted by Gasteiger charge is 2.42. The van der Waals surface area contributed by atoms with E-state index in [0.717, 1.165) is 6.07 Å². The van der Waals surface area contributed by atoms with Gasteiger partial charge in [-0.2, -0.15) is 13.2 Å². The minimum Gasteiger partial charge on any atom is -0.417 e. The molecule has 1 saturated heterocycles. The summed E-state index contributed by atoms with van der Waals surface area (Å²) < 4.78 is 55.8. The number of benzene rings is 1. The highest BCUT2D eigenvalue weighted by molar-refractivity contribution is 6.05. The maximum absolute atomic E-state index is 13.9. The monoisotopic (exact) mass is 359 g/mol. The summed E-state index contributed by atoms with van der Waals surface area (Å²) in [5.41, 5.74) is -0.660. The molecule has 0 aliphatic carbocycles. The molecule has 0 spiro atoms. The number of hydrogen-bond donors (Lipinski definition) is 3. The lowest BCUT2D eigenvalue weighted by Crippen LogP contribution is -2.37. The number of carbonyl (C=O) groups excluding carboxylic acids is 2. The average Bonchev–Trinajstić information content (AvgIpc) is 3.15. The number of hydrogen-bond acceptors (Lipinski definition) is 4. The van der Waals surface area contributed by atoms with Gasteiger partial charge in [0.1, 0.15) is 11.5 Å². The van der Waals surface area contributed by atoms with E-state index < -0.39 is 35.3 Å². The van der Waals surface area contributed by atoms with Gasteiger partial charge in [0, 0.05) is 18.0 Å². The summed E-state index contributed by atoms with van der Waals surface area (Å²) in [7, 11) is 0. The first kappa shape index (κ1) is 17.2. The maximum atomic E-state index is 13.9. The number of alkyl halides is 3. The van der Waals surface area contributed by atoms with Crippen molar-refractivity contribution >= 4 is 22.8 Å². The molecule has 1 atom stereocenters. The second kappa shape index (κ2) is 6.36. The van der Waals surface area contributed by atoms with E-state index in [1.54, 1.807) is 0 Å². The van der Waals surface area contributed by atoms with Crippen LogP contribution in [0.5, 0.6) is 5.75 Å². The third kappa shape index (κ3) is 3.43. The molecule has 3 N–H and O–H groups in total. The summed E-state index contributed by atoms with van der Waals surface area (Å²) in [4.78, 5) is 26.0. The number of aromatic nitrogens is 1. The maximum Gasteiger partial charge on any atom is 0.491 e. The van der Waals surface area contributed by atoms with Crippen LogP contribution in [0.4, 0.5) is 17.6 Å². The predicted octanol–water partition coefficient (Wildman–Crippen LogP) is 1.87. The number of fused-ring (bicyclic) bond motifs is 1. The Hall–Kier alpha value is -2.62. The second-order valence-corrected chi connectivity index (χ2v) is 5.54. The first-order chi connectivity index (χ1) is 11.8. The van der Waals surface area contributed by atoms with E-state index in [-0.39, 0.29) is 16.9 Å². The van der Waals surface area contributed by atoms with Gasteiger partial charge in [-0.15, -0.1) is 0 Å². The fraction of sp³-hybridized carbons (Fsp3) is 0.333. The molecule has 1 aromatic carbocycles. The third-order valence-electron chi connectivity index (χ3n) is 3.78. The molecule has 6 nitrogen and oxygen atoms in total. The Kier molecular flexibility index (Phi) is 4.38. The van der Waals surface area contributed by atoms with Crippen molar-refractivity contribution < 1.29 is 31.9 Å². The standard InChI is InChI=1S/C15H13F4N3O3/c16-9-3-1-2-8-10(9)22-11(12(8)25-14(24)15(17,18)19)13(23)21-7-4-5-20-6-7/h1-3,7,20,22H,4-6H2,(H,21,23). The predicted molar refractivity (Wildman–Crippen MR) is 78.7 cm³/mol. The SMILES string of the molecule is O=C(NC1CCNC1)c1[nH]c2c(F)cccc2c1OC(=O)C(F)(F)F. The molecule has 1 fully saturated rings. The number of ether oxygens (including phenoxy) is 1. The lowest BCUT2D eigenvalue weighted by atomic mass is 10.2. The van der Waals surface area contributed by atoms with Crippen molar-refractivity contribution in [2.24, 2.45) is 0 Å². The van der Waals surface area contributed by atoms with Crippen molar-refractivity contribution in [1.82, 2.24) is 15.6 Å². The molecule has 3 rings (SSSR count). The van der Waals surface area contributed by atoms with Crippen LogP contribution in [-0.4, -0.2) is 42.2 Å². The number of H-pyrrole nitrogens is 1. The largest absolute Gasteiger partial charge is 0.491 e. The van der Waals surface area contributed by atoms with Crippen LogP contribution >= 0.6 is 0 Å². The van der Waals surface area contributed by atoms with Crippen LogP contribution < -0.4 is 15.4 Å². The normalized spacial score (nSPS) is 17.7. The molecule has 0 bridgehead atoms. The number of nitrogens with one attached hydrogen (secondary N) is 3. The van der Waals surface area contributed by atoms with Crippen molar-refractivity contribution in [1.29, 1.82) is 0 Å². The molecule has 0 saturated carbocycles.